The minimum absolute atomic E-state index is 0.00217. The third-order valence-corrected chi connectivity index (χ3v) is 4.12. The van der Waals surface area contributed by atoms with Gasteiger partial charge in [0.1, 0.15) is 0 Å². The van der Waals surface area contributed by atoms with Crippen molar-refractivity contribution < 1.29 is 0 Å². The predicted molar refractivity (Wildman–Crippen MR) is 90.2 cm³/mol. The summed E-state index contributed by atoms with van der Waals surface area (Å²) in [5.41, 5.74) is 7.59. The number of nitrogen functional groups attached to an aromatic ring is 1. The Labute approximate surface area is 133 Å². The van der Waals surface area contributed by atoms with E-state index < -0.39 is 0 Å². The summed E-state index contributed by atoms with van der Waals surface area (Å²) < 4.78 is 2.80. The Hall–Kier alpha value is -1.59. The van der Waals surface area contributed by atoms with Gasteiger partial charge in [0.2, 0.25) is 0 Å². The molecule has 0 saturated carbocycles. The van der Waals surface area contributed by atoms with E-state index in [1.165, 1.54) is 11.6 Å². The second-order valence-corrected chi connectivity index (χ2v) is 6.03. The van der Waals surface area contributed by atoms with Crippen LogP contribution in [0.25, 0.3) is 0 Å². The van der Waals surface area contributed by atoms with Crippen LogP contribution in [0, 0.1) is 0 Å². The maximum Gasteiger partial charge on any atom is 0.250 e. The number of nitrogens with two attached hydrogens (primary N) is 1. The molecule has 0 aliphatic carbocycles. The third kappa shape index (κ3) is 4.72. The average molecular weight is 350 g/mol. The van der Waals surface area contributed by atoms with Gasteiger partial charge in [0.25, 0.3) is 5.56 Å². The zero-order valence-electron chi connectivity index (χ0n) is 12.1. The Morgan fingerprint density at radius 2 is 2.00 bits per heavy atom. The zero-order valence-corrected chi connectivity index (χ0v) is 13.7. The smallest absolute Gasteiger partial charge is 0.250 e. The lowest BCUT2D eigenvalue weighted by atomic mass is 10.2. The molecule has 112 valence electrons. The van der Waals surface area contributed by atoms with E-state index >= 15 is 0 Å². The van der Waals surface area contributed by atoms with E-state index in [4.69, 9.17) is 5.73 Å². The van der Waals surface area contributed by atoms with Crippen molar-refractivity contribution in [3.05, 3.63) is 63.0 Å². The highest BCUT2D eigenvalue weighted by molar-refractivity contribution is 9.10. The van der Waals surface area contributed by atoms with Crippen LogP contribution in [0.3, 0.4) is 0 Å². The Bertz CT molecular complexity index is 654. The molecule has 2 rings (SSSR count). The van der Waals surface area contributed by atoms with Crippen molar-refractivity contribution in [3.8, 4) is 0 Å². The molecule has 0 bridgehead atoms. The largest absolute Gasteiger partial charge is 0.398 e. The van der Waals surface area contributed by atoms with Gasteiger partial charge in [0.05, 0.1) is 0 Å². The number of pyridine rings is 1. The fourth-order valence-corrected chi connectivity index (χ4v) is 2.64. The van der Waals surface area contributed by atoms with Crippen LogP contribution in [-0.4, -0.2) is 23.1 Å². The molecule has 0 fully saturated rings. The average Bonchev–Trinajstić information content (AvgIpc) is 2.45. The molecule has 0 aliphatic heterocycles. The second kappa shape index (κ2) is 7.43. The van der Waals surface area contributed by atoms with Crippen LogP contribution in [-0.2, 0) is 13.1 Å². The molecule has 0 aliphatic rings. The van der Waals surface area contributed by atoms with Gasteiger partial charge in [-0.05, 0) is 37.7 Å². The van der Waals surface area contributed by atoms with Gasteiger partial charge in [-0.25, -0.2) is 0 Å². The van der Waals surface area contributed by atoms with Gasteiger partial charge in [-0.1, -0.05) is 34.1 Å². The van der Waals surface area contributed by atoms with Gasteiger partial charge in [0.15, 0.2) is 0 Å². The lowest BCUT2D eigenvalue weighted by molar-refractivity contribution is 0.313. The fraction of sp³-hybridized carbons (Fsp3) is 0.312. The summed E-state index contributed by atoms with van der Waals surface area (Å²) >= 11 is 3.56. The second-order valence-electron chi connectivity index (χ2n) is 5.18. The number of rotatable bonds is 6. The molecule has 1 aromatic carbocycles. The summed E-state index contributed by atoms with van der Waals surface area (Å²) in [6.45, 7) is 2.49. The van der Waals surface area contributed by atoms with Crippen molar-refractivity contribution in [3.63, 3.8) is 0 Å². The summed E-state index contributed by atoms with van der Waals surface area (Å²) in [6.07, 6.45) is 2.61. The number of hydrogen-bond donors (Lipinski definition) is 1. The van der Waals surface area contributed by atoms with Crippen molar-refractivity contribution in [2.24, 2.45) is 0 Å². The van der Waals surface area contributed by atoms with E-state index in [1.807, 2.05) is 12.1 Å². The molecule has 0 saturated heterocycles. The standard InChI is InChI=1S/C16H20BrN3O/c1-19(11-13-5-2-3-6-15(13)17)9-4-10-20-12-14(18)7-8-16(20)21/h2-3,5-8,12H,4,9-11,18H2,1H3. The monoisotopic (exact) mass is 349 g/mol. The molecule has 0 radical (unpaired) electrons. The first-order valence-corrected chi connectivity index (χ1v) is 7.73. The predicted octanol–water partition coefficient (Wildman–Crippen LogP) is 2.72. The van der Waals surface area contributed by atoms with Gasteiger partial charge in [-0.2, -0.15) is 0 Å². The van der Waals surface area contributed by atoms with Crippen molar-refractivity contribution in [2.75, 3.05) is 19.3 Å². The van der Waals surface area contributed by atoms with E-state index in [1.54, 1.807) is 16.8 Å². The first kappa shape index (κ1) is 15.8. The summed E-state index contributed by atoms with van der Waals surface area (Å²) in [6, 6.07) is 11.4. The number of anilines is 1. The Morgan fingerprint density at radius 3 is 2.76 bits per heavy atom. The Kier molecular flexibility index (Phi) is 5.59. The van der Waals surface area contributed by atoms with Crippen LogP contribution >= 0.6 is 15.9 Å². The van der Waals surface area contributed by atoms with Crippen molar-refractivity contribution in [2.45, 2.75) is 19.5 Å². The number of aromatic nitrogens is 1. The van der Waals surface area contributed by atoms with Crippen molar-refractivity contribution in [1.82, 2.24) is 9.47 Å². The van der Waals surface area contributed by atoms with Crippen molar-refractivity contribution in [1.29, 1.82) is 0 Å². The van der Waals surface area contributed by atoms with E-state index in [9.17, 15) is 4.79 Å². The first-order valence-electron chi connectivity index (χ1n) is 6.94. The Morgan fingerprint density at radius 1 is 1.24 bits per heavy atom. The highest BCUT2D eigenvalue weighted by atomic mass is 79.9. The molecule has 0 spiro atoms. The van der Waals surface area contributed by atoms with Gasteiger partial charge < -0.3 is 15.2 Å². The Balaban J connectivity index is 1.84. The van der Waals surface area contributed by atoms with Crippen LogP contribution in [0.5, 0.6) is 0 Å². The summed E-state index contributed by atoms with van der Waals surface area (Å²) in [4.78, 5) is 13.9. The third-order valence-electron chi connectivity index (χ3n) is 3.34. The fourth-order valence-electron chi connectivity index (χ4n) is 2.23. The van der Waals surface area contributed by atoms with Crippen LogP contribution < -0.4 is 11.3 Å². The zero-order chi connectivity index (χ0) is 15.2. The number of halogens is 1. The van der Waals surface area contributed by atoms with Gasteiger partial charge in [0, 0.05) is 35.5 Å². The van der Waals surface area contributed by atoms with Crippen molar-refractivity contribution >= 4 is 21.6 Å². The first-order chi connectivity index (χ1) is 10.1. The SMILES string of the molecule is CN(CCCn1cc(N)ccc1=O)Cc1ccccc1Br. The van der Waals surface area contributed by atoms with Crippen LogP contribution in [0.4, 0.5) is 5.69 Å². The minimum Gasteiger partial charge on any atom is -0.398 e. The summed E-state index contributed by atoms with van der Waals surface area (Å²) in [5, 5.41) is 0. The molecule has 1 heterocycles. The van der Waals surface area contributed by atoms with Gasteiger partial charge in [-0.15, -0.1) is 0 Å². The van der Waals surface area contributed by atoms with E-state index in [2.05, 4.69) is 40.0 Å². The molecule has 1 aromatic heterocycles. The molecule has 0 atom stereocenters. The molecule has 2 N–H and O–H groups in total. The molecule has 2 aromatic rings. The molecular formula is C16H20BrN3O. The van der Waals surface area contributed by atoms with Gasteiger partial charge >= 0.3 is 0 Å². The number of aryl methyl sites for hydroxylation is 1. The van der Waals surface area contributed by atoms with Crippen LogP contribution in [0.2, 0.25) is 0 Å². The topological polar surface area (TPSA) is 51.3 Å². The lowest BCUT2D eigenvalue weighted by Gasteiger charge is -2.18. The van der Waals surface area contributed by atoms with Crippen LogP contribution in [0.15, 0.2) is 51.9 Å². The molecule has 4 nitrogen and oxygen atoms in total. The van der Waals surface area contributed by atoms with E-state index in [0.29, 0.717) is 12.2 Å². The maximum atomic E-state index is 11.7. The number of nitrogens with zero attached hydrogens (tertiary/aromatic N) is 2. The number of hydrogen-bond acceptors (Lipinski definition) is 3. The highest BCUT2D eigenvalue weighted by Gasteiger charge is 2.04. The summed E-state index contributed by atoms with van der Waals surface area (Å²) in [5.74, 6) is 0. The van der Waals surface area contributed by atoms with E-state index in [0.717, 1.165) is 24.0 Å². The minimum atomic E-state index is -0.00217. The van der Waals surface area contributed by atoms with E-state index in [-0.39, 0.29) is 5.56 Å². The quantitative estimate of drug-likeness (QED) is 0.872. The lowest BCUT2D eigenvalue weighted by Crippen LogP contribution is -2.24. The molecule has 5 heteroatoms. The highest BCUT2D eigenvalue weighted by Crippen LogP contribution is 2.17. The van der Waals surface area contributed by atoms with Gasteiger partial charge in [-0.3, -0.25) is 4.79 Å². The maximum absolute atomic E-state index is 11.7. The molecule has 0 amide bonds. The summed E-state index contributed by atoms with van der Waals surface area (Å²) in [7, 11) is 2.08. The molecular weight excluding hydrogens is 330 g/mol. The molecule has 0 unspecified atom stereocenters. The van der Waals surface area contributed by atoms with Crippen LogP contribution in [0.1, 0.15) is 12.0 Å². The molecule has 21 heavy (non-hydrogen) atoms. The normalized spacial score (nSPS) is 11.0. The number of benzene rings is 1.